The maximum absolute atomic E-state index is 12.1. The molecule has 26 heavy (non-hydrogen) atoms. The number of carbonyl (C=O) groups excluding carboxylic acids is 3. The Bertz CT molecular complexity index is 967. The fourth-order valence-electron chi connectivity index (χ4n) is 2.44. The second-order valence-corrected chi connectivity index (χ2v) is 6.75. The van der Waals surface area contributed by atoms with Crippen LogP contribution in [0.3, 0.4) is 0 Å². The predicted octanol–water partition coefficient (Wildman–Crippen LogP) is 3.86. The lowest BCUT2D eigenvalue weighted by Gasteiger charge is -2.01. The quantitative estimate of drug-likeness (QED) is 0.648. The van der Waals surface area contributed by atoms with Gasteiger partial charge in [-0.3, -0.25) is 14.4 Å². The summed E-state index contributed by atoms with van der Waals surface area (Å²) in [6.07, 6.45) is 0.244. The molecule has 1 aromatic heterocycles. The fraction of sp³-hybridized carbons (Fsp3) is 0.158. The van der Waals surface area contributed by atoms with E-state index < -0.39 is 0 Å². The Balaban J connectivity index is 1.60. The molecule has 3 rings (SSSR count). The Labute approximate surface area is 154 Å². The van der Waals surface area contributed by atoms with Gasteiger partial charge in [0.05, 0.1) is 10.2 Å². The highest BCUT2D eigenvalue weighted by atomic mass is 32.1. The van der Waals surface area contributed by atoms with Crippen LogP contribution in [-0.2, 0) is 9.59 Å². The van der Waals surface area contributed by atoms with Crippen molar-refractivity contribution in [2.75, 3.05) is 10.6 Å². The number of Topliss-reactive ketones (excluding diaryl/α,β-unsaturated/α-hetero) is 1. The minimum Gasteiger partial charge on any atom is -0.326 e. The highest BCUT2D eigenvalue weighted by molar-refractivity contribution is 7.22. The van der Waals surface area contributed by atoms with E-state index in [-0.39, 0.29) is 30.4 Å². The van der Waals surface area contributed by atoms with Gasteiger partial charge in [0.1, 0.15) is 0 Å². The van der Waals surface area contributed by atoms with E-state index >= 15 is 0 Å². The molecule has 3 aromatic rings. The number of nitrogens with zero attached hydrogens (tertiary/aromatic N) is 1. The number of ketones is 1. The largest absolute Gasteiger partial charge is 0.326 e. The molecule has 6 nitrogen and oxygen atoms in total. The van der Waals surface area contributed by atoms with Gasteiger partial charge in [-0.2, -0.15) is 0 Å². The number of rotatable bonds is 6. The first-order valence-corrected chi connectivity index (χ1v) is 8.89. The van der Waals surface area contributed by atoms with Crippen molar-refractivity contribution in [3.63, 3.8) is 0 Å². The van der Waals surface area contributed by atoms with E-state index in [4.69, 9.17) is 0 Å². The molecular weight excluding hydrogens is 350 g/mol. The predicted molar refractivity (Wildman–Crippen MR) is 103 cm³/mol. The van der Waals surface area contributed by atoms with Crippen LogP contribution in [0.5, 0.6) is 0 Å². The molecule has 2 aromatic carbocycles. The van der Waals surface area contributed by atoms with Crippen LogP contribution in [0, 0.1) is 0 Å². The summed E-state index contributed by atoms with van der Waals surface area (Å²) in [7, 11) is 0. The smallest absolute Gasteiger partial charge is 0.226 e. The molecule has 0 unspecified atom stereocenters. The monoisotopic (exact) mass is 367 g/mol. The van der Waals surface area contributed by atoms with Gasteiger partial charge >= 0.3 is 0 Å². The summed E-state index contributed by atoms with van der Waals surface area (Å²) in [6.45, 7) is 1.44. The molecular formula is C19H17N3O3S. The molecule has 132 valence electrons. The van der Waals surface area contributed by atoms with Gasteiger partial charge in [0.25, 0.3) is 0 Å². The minimum absolute atomic E-state index is 0.0648. The Morgan fingerprint density at radius 3 is 2.50 bits per heavy atom. The van der Waals surface area contributed by atoms with E-state index in [1.54, 1.807) is 36.4 Å². The lowest BCUT2D eigenvalue weighted by Crippen LogP contribution is -2.13. The van der Waals surface area contributed by atoms with Crippen molar-refractivity contribution in [3.8, 4) is 0 Å². The molecule has 0 saturated heterocycles. The second-order valence-electron chi connectivity index (χ2n) is 5.72. The van der Waals surface area contributed by atoms with E-state index in [0.29, 0.717) is 16.4 Å². The third-order valence-corrected chi connectivity index (χ3v) is 4.56. The van der Waals surface area contributed by atoms with Crippen LogP contribution in [0.2, 0.25) is 0 Å². The molecule has 7 heteroatoms. The second kappa shape index (κ2) is 7.88. The van der Waals surface area contributed by atoms with E-state index in [2.05, 4.69) is 15.6 Å². The average Bonchev–Trinajstić information content (AvgIpc) is 3.01. The molecule has 0 bridgehead atoms. The highest BCUT2D eigenvalue weighted by Crippen LogP contribution is 2.28. The Morgan fingerprint density at radius 1 is 1.00 bits per heavy atom. The molecule has 0 spiro atoms. The molecule has 0 atom stereocenters. The third-order valence-electron chi connectivity index (χ3n) is 3.63. The summed E-state index contributed by atoms with van der Waals surface area (Å²) in [6, 6.07) is 14.3. The molecule has 2 amide bonds. The van der Waals surface area contributed by atoms with Crippen LogP contribution >= 0.6 is 11.3 Å². The molecule has 0 fully saturated rings. The number of carbonyl (C=O) groups is 3. The Kier molecular flexibility index (Phi) is 5.38. The zero-order valence-corrected chi connectivity index (χ0v) is 14.9. The van der Waals surface area contributed by atoms with Crippen molar-refractivity contribution in [2.45, 2.75) is 19.8 Å². The highest BCUT2D eigenvalue weighted by Gasteiger charge is 2.12. The van der Waals surface area contributed by atoms with Crippen molar-refractivity contribution in [3.05, 3.63) is 54.1 Å². The summed E-state index contributed by atoms with van der Waals surface area (Å²) in [5.41, 5.74) is 2.02. The van der Waals surface area contributed by atoms with Crippen molar-refractivity contribution in [2.24, 2.45) is 0 Å². The number of thiazole rings is 1. The van der Waals surface area contributed by atoms with Crippen molar-refractivity contribution in [1.82, 2.24) is 4.98 Å². The summed E-state index contributed by atoms with van der Waals surface area (Å²) in [5.74, 6) is -0.467. The molecule has 0 aliphatic carbocycles. The zero-order chi connectivity index (χ0) is 18.5. The first kappa shape index (κ1) is 17.8. The first-order chi connectivity index (χ1) is 12.5. The molecule has 0 aliphatic rings. The number of anilines is 2. The number of amides is 2. The van der Waals surface area contributed by atoms with Gasteiger partial charge in [0.15, 0.2) is 10.9 Å². The number of fused-ring (bicyclic) bond motifs is 1. The van der Waals surface area contributed by atoms with E-state index in [1.165, 1.54) is 18.3 Å². The van der Waals surface area contributed by atoms with E-state index in [0.717, 1.165) is 10.2 Å². The van der Waals surface area contributed by atoms with E-state index in [9.17, 15) is 14.4 Å². The van der Waals surface area contributed by atoms with Gasteiger partial charge in [-0.05, 0) is 18.2 Å². The third kappa shape index (κ3) is 4.52. The van der Waals surface area contributed by atoms with Gasteiger partial charge in [-0.15, -0.1) is 0 Å². The summed E-state index contributed by atoms with van der Waals surface area (Å²) < 4.78 is 0.854. The van der Waals surface area contributed by atoms with Crippen LogP contribution in [0.4, 0.5) is 10.8 Å². The van der Waals surface area contributed by atoms with Crippen molar-refractivity contribution < 1.29 is 14.4 Å². The lowest BCUT2D eigenvalue weighted by molar-refractivity contribution is -0.116. The summed E-state index contributed by atoms with van der Waals surface area (Å²) in [4.78, 5) is 39.6. The van der Waals surface area contributed by atoms with Gasteiger partial charge in [-0.1, -0.05) is 41.7 Å². The van der Waals surface area contributed by atoms with Crippen LogP contribution in [-0.4, -0.2) is 22.6 Å². The minimum atomic E-state index is -0.254. The average molecular weight is 367 g/mol. The van der Waals surface area contributed by atoms with Gasteiger partial charge in [0, 0.05) is 31.0 Å². The maximum atomic E-state index is 12.1. The van der Waals surface area contributed by atoms with Crippen LogP contribution in [0.1, 0.15) is 30.1 Å². The number of nitrogens with one attached hydrogen (secondary N) is 2. The normalized spacial score (nSPS) is 10.5. The molecule has 0 aliphatic heterocycles. The van der Waals surface area contributed by atoms with Crippen LogP contribution < -0.4 is 10.6 Å². The van der Waals surface area contributed by atoms with Gasteiger partial charge in [0.2, 0.25) is 11.8 Å². The maximum Gasteiger partial charge on any atom is 0.226 e. The molecule has 1 heterocycles. The molecule has 2 N–H and O–H groups in total. The van der Waals surface area contributed by atoms with Crippen molar-refractivity contribution in [1.29, 1.82) is 0 Å². The topological polar surface area (TPSA) is 88.2 Å². The van der Waals surface area contributed by atoms with Crippen molar-refractivity contribution >= 4 is 50.0 Å². The first-order valence-electron chi connectivity index (χ1n) is 8.07. The summed E-state index contributed by atoms with van der Waals surface area (Å²) >= 11 is 1.32. The SMILES string of the molecule is CC(=O)Nc1ccc2nc(NC(=O)CCC(=O)c3ccccc3)sc2c1. The van der Waals surface area contributed by atoms with Gasteiger partial charge in [-0.25, -0.2) is 4.98 Å². The van der Waals surface area contributed by atoms with E-state index in [1.807, 2.05) is 12.1 Å². The number of aromatic nitrogens is 1. The standard InChI is InChI=1S/C19H17N3O3S/c1-12(23)20-14-7-8-15-17(11-14)26-19(21-15)22-18(25)10-9-16(24)13-5-3-2-4-6-13/h2-8,11H,9-10H2,1H3,(H,20,23)(H,21,22,25). The summed E-state index contributed by atoms with van der Waals surface area (Å²) in [5, 5.41) is 5.91. The van der Waals surface area contributed by atoms with Crippen LogP contribution in [0.15, 0.2) is 48.5 Å². The van der Waals surface area contributed by atoms with Crippen LogP contribution in [0.25, 0.3) is 10.2 Å². The van der Waals surface area contributed by atoms with Gasteiger partial charge < -0.3 is 10.6 Å². The zero-order valence-electron chi connectivity index (χ0n) is 14.1. The number of hydrogen-bond acceptors (Lipinski definition) is 5. The fourth-order valence-corrected chi connectivity index (χ4v) is 3.36. The Morgan fingerprint density at radius 2 is 1.77 bits per heavy atom. The lowest BCUT2D eigenvalue weighted by atomic mass is 10.1. The molecule has 0 saturated carbocycles. The Hall–Kier alpha value is -3.06. The number of benzene rings is 2. The molecule has 0 radical (unpaired) electrons. The number of hydrogen-bond donors (Lipinski definition) is 2.